The van der Waals surface area contributed by atoms with Crippen LogP contribution in [0.25, 0.3) is 0 Å². The van der Waals surface area contributed by atoms with Crippen molar-refractivity contribution < 1.29 is 14.1 Å². The minimum Gasteiger partial charge on any atom is -0.370 e. The second kappa shape index (κ2) is 6.27. The van der Waals surface area contributed by atoms with Crippen molar-refractivity contribution in [3.05, 3.63) is 47.1 Å². The third-order valence-corrected chi connectivity index (χ3v) is 4.01. The fraction of sp³-hybridized carbons (Fsp3) is 0.438. The van der Waals surface area contributed by atoms with E-state index in [9.17, 15) is 4.79 Å². The van der Waals surface area contributed by atoms with Crippen LogP contribution in [0, 0.1) is 13.8 Å². The van der Waals surface area contributed by atoms with Crippen LogP contribution in [0.3, 0.4) is 0 Å². The number of aryl methyl sites for hydroxylation is 2. The first kappa shape index (κ1) is 14.7. The van der Waals surface area contributed by atoms with E-state index in [0.29, 0.717) is 31.9 Å². The van der Waals surface area contributed by atoms with Crippen LogP contribution in [-0.2, 0) is 16.0 Å². The number of carbonyl (C=O) groups is 1. The standard InChI is InChI=1S/C16H19N3O3/c1-11-14(12(2)22-18-11)9-16(20)19-7-8-21-15(10-19)13-3-5-17-6-4-13/h3-6,15H,7-10H2,1-2H3/t15-/m1/s1. The molecule has 6 nitrogen and oxygen atoms in total. The molecule has 2 aromatic heterocycles. The van der Waals surface area contributed by atoms with Crippen molar-refractivity contribution in [2.24, 2.45) is 0 Å². The Morgan fingerprint density at radius 1 is 1.36 bits per heavy atom. The van der Waals surface area contributed by atoms with Crippen LogP contribution in [0.2, 0.25) is 0 Å². The summed E-state index contributed by atoms with van der Waals surface area (Å²) in [5.41, 5.74) is 2.71. The van der Waals surface area contributed by atoms with Gasteiger partial charge >= 0.3 is 0 Å². The van der Waals surface area contributed by atoms with E-state index in [1.807, 2.05) is 30.9 Å². The summed E-state index contributed by atoms with van der Waals surface area (Å²) in [5, 5.41) is 3.90. The number of morpholine rings is 1. The predicted octanol–water partition coefficient (Wildman–Crippen LogP) is 1.83. The molecule has 1 fully saturated rings. The van der Waals surface area contributed by atoms with Gasteiger partial charge in [-0.15, -0.1) is 0 Å². The van der Waals surface area contributed by atoms with Crippen LogP contribution < -0.4 is 0 Å². The zero-order valence-electron chi connectivity index (χ0n) is 12.8. The second-order valence-corrected chi connectivity index (χ2v) is 5.46. The molecule has 1 amide bonds. The zero-order valence-corrected chi connectivity index (χ0v) is 12.8. The molecular formula is C16H19N3O3. The van der Waals surface area contributed by atoms with Crippen LogP contribution in [0.15, 0.2) is 29.0 Å². The third-order valence-electron chi connectivity index (χ3n) is 4.01. The van der Waals surface area contributed by atoms with Crippen molar-refractivity contribution in [3.8, 4) is 0 Å². The molecule has 2 aromatic rings. The minimum atomic E-state index is -0.0923. The van der Waals surface area contributed by atoms with E-state index in [4.69, 9.17) is 9.26 Å². The zero-order chi connectivity index (χ0) is 15.5. The number of amides is 1. The van der Waals surface area contributed by atoms with Gasteiger partial charge in [-0.2, -0.15) is 0 Å². The molecule has 0 aromatic carbocycles. The Hall–Kier alpha value is -2.21. The molecule has 0 saturated carbocycles. The Bertz CT molecular complexity index is 634. The lowest BCUT2D eigenvalue weighted by Crippen LogP contribution is -2.43. The number of aromatic nitrogens is 2. The Balaban J connectivity index is 1.68. The second-order valence-electron chi connectivity index (χ2n) is 5.46. The summed E-state index contributed by atoms with van der Waals surface area (Å²) in [5.74, 6) is 0.793. The molecule has 0 unspecified atom stereocenters. The van der Waals surface area contributed by atoms with E-state index in [2.05, 4.69) is 10.1 Å². The molecule has 6 heteroatoms. The number of hydrogen-bond acceptors (Lipinski definition) is 5. The Morgan fingerprint density at radius 2 is 2.14 bits per heavy atom. The van der Waals surface area contributed by atoms with Gasteiger partial charge in [-0.3, -0.25) is 9.78 Å². The predicted molar refractivity (Wildman–Crippen MR) is 79.2 cm³/mol. The highest BCUT2D eigenvalue weighted by atomic mass is 16.5. The van der Waals surface area contributed by atoms with Crippen LogP contribution in [-0.4, -0.2) is 40.6 Å². The summed E-state index contributed by atoms with van der Waals surface area (Å²) in [6.07, 6.45) is 3.71. The quantitative estimate of drug-likeness (QED) is 0.865. The highest BCUT2D eigenvalue weighted by Gasteiger charge is 2.26. The van der Waals surface area contributed by atoms with E-state index in [1.165, 1.54) is 0 Å². The summed E-state index contributed by atoms with van der Waals surface area (Å²) in [7, 11) is 0. The number of rotatable bonds is 3. The van der Waals surface area contributed by atoms with Gasteiger partial charge in [-0.05, 0) is 31.5 Å². The summed E-state index contributed by atoms with van der Waals surface area (Å²) in [6, 6.07) is 3.85. The Kier molecular flexibility index (Phi) is 4.20. The first-order chi connectivity index (χ1) is 10.6. The van der Waals surface area contributed by atoms with E-state index in [1.54, 1.807) is 12.4 Å². The highest BCUT2D eigenvalue weighted by Crippen LogP contribution is 2.22. The fourth-order valence-electron chi connectivity index (χ4n) is 2.67. The van der Waals surface area contributed by atoms with Crippen LogP contribution in [0.1, 0.15) is 28.7 Å². The monoisotopic (exact) mass is 301 g/mol. The number of pyridine rings is 1. The summed E-state index contributed by atoms with van der Waals surface area (Å²) in [4.78, 5) is 18.4. The van der Waals surface area contributed by atoms with Gasteiger partial charge in [-0.25, -0.2) is 0 Å². The lowest BCUT2D eigenvalue weighted by Gasteiger charge is -2.33. The van der Waals surface area contributed by atoms with Gasteiger partial charge in [0.05, 0.1) is 25.3 Å². The molecule has 1 saturated heterocycles. The Morgan fingerprint density at radius 3 is 2.82 bits per heavy atom. The van der Waals surface area contributed by atoms with Gasteiger partial charge in [0.2, 0.25) is 5.91 Å². The maximum atomic E-state index is 12.5. The van der Waals surface area contributed by atoms with Crippen molar-refractivity contribution in [1.82, 2.24) is 15.0 Å². The van der Waals surface area contributed by atoms with Gasteiger partial charge in [0.25, 0.3) is 0 Å². The molecule has 0 radical (unpaired) electrons. The maximum Gasteiger partial charge on any atom is 0.227 e. The van der Waals surface area contributed by atoms with E-state index in [0.717, 1.165) is 16.8 Å². The van der Waals surface area contributed by atoms with Crippen molar-refractivity contribution >= 4 is 5.91 Å². The molecule has 0 aliphatic carbocycles. The first-order valence-corrected chi connectivity index (χ1v) is 7.36. The summed E-state index contributed by atoms with van der Waals surface area (Å²) < 4.78 is 10.9. The number of nitrogens with zero attached hydrogens (tertiary/aromatic N) is 3. The lowest BCUT2D eigenvalue weighted by molar-refractivity contribution is -0.138. The SMILES string of the molecule is Cc1noc(C)c1CC(=O)N1CCO[C@@H](c2ccncc2)C1. The van der Waals surface area contributed by atoms with Gasteiger partial charge in [-0.1, -0.05) is 5.16 Å². The van der Waals surface area contributed by atoms with Gasteiger partial charge in [0.15, 0.2) is 0 Å². The molecule has 1 aliphatic heterocycles. The average Bonchev–Trinajstić information content (AvgIpc) is 2.88. The molecule has 0 spiro atoms. The summed E-state index contributed by atoms with van der Waals surface area (Å²) in [6.45, 7) is 5.41. The molecule has 0 N–H and O–H groups in total. The molecule has 1 atom stereocenters. The molecule has 22 heavy (non-hydrogen) atoms. The number of carbonyl (C=O) groups excluding carboxylic acids is 1. The molecule has 3 rings (SSSR count). The van der Waals surface area contributed by atoms with Gasteiger partial charge in [0.1, 0.15) is 11.9 Å². The Labute approximate surface area is 129 Å². The smallest absolute Gasteiger partial charge is 0.227 e. The summed E-state index contributed by atoms with van der Waals surface area (Å²) >= 11 is 0. The topological polar surface area (TPSA) is 68.5 Å². The highest BCUT2D eigenvalue weighted by molar-refractivity contribution is 5.79. The van der Waals surface area contributed by atoms with Gasteiger partial charge < -0.3 is 14.2 Å². The van der Waals surface area contributed by atoms with Crippen molar-refractivity contribution in [1.29, 1.82) is 0 Å². The first-order valence-electron chi connectivity index (χ1n) is 7.36. The maximum absolute atomic E-state index is 12.5. The van der Waals surface area contributed by atoms with Crippen LogP contribution in [0.5, 0.6) is 0 Å². The fourth-order valence-corrected chi connectivity index (χ4v) is 2.67. The molecule has 3 heterocycles. The molecular weight excluding hydrogens is 282 g/mol. The largest absolute Gasteiger partial charge is 0.370 e. The van der Waals surface area contributed by atoms with Crippen LogP contribution >= 0.6 is 0 Å². The number of ether oxygens (including phenoxy) is 1. The van der Waals surface area contributed by atoms with E-state index in [-0.39, 0.29) is 12.0 Å². The lowest BCUT2D eigenvalue weighted by atomic mass is 10.1. The average molecular weight is 301 g/mol. The van der Waals surface area contributed by atoms with Crippen LogP contribution in [0.4, 0.5) is 0 Å². The molecule has 1 aliphatic rings. The van der Waals surface area contributed by atoms with Crippen molar-refractivity contribution in [2.75, 3.05) is 19.7 Å². The third kappa shape index (κ3) is 3.01. The van der Waals surface area contributed by atoms with E-state index >= 15 is 0 Å². The number of hydrogen-bond donors (Lipinski definition) is 0. The molecule has 0 bridgehead atoms. The van der Waals surface area contributed by atoms with E-state index < -0.39 is 0 Å². The van der Waals surface area contributed by atoms with Crippen molar-refractivity contribution in [3.63, 3.8) is 0 Å². The van der Waals surface area contributed by atoms with Gasteiger partial charge in [0, 0.05) is 24.5 Å². The normalized spacial score (nSPS) is 18.5. The minimum absolute atomic E-state index is 0.0803. The van der Waals surface area contributed by atoms with Crippen molar-refractivity contribution in [2.45, 2.75) is 26.4 Å². The molecule has 116 valence electrons.